The minimum absolute atomic E-state index is 0.159. The number of hydrogen-bond donors (Lipinski definition) is 0. The Morgan fingerprint density at radius 1 is 1.53 bits per heavy atom. The predicted molar refractivity (Wildman–Crippen MR) is 62.9 cm³/mol. The first-order valence-electron chi connectivity index (χ1n) is 5.30. The Labute approximate surface area is 112 Å². The lowest BCUT2D eigenvalue weighted by Crippen LogP contribution is -2.23. The molecule has 0 unspecified atom stereocenters. The molecule has 1 atom stereocenters. The van der Waals surface area contributed by atoms with Gasteiger partial charge in [0, 0.05) is 17.5 Å². The summed E-state index contributed by atoms with van der Waals surface area (Å²) in [5, 5.41) is 11.0. The summed E-state index contributed by atoms with van der Waals surface area (Å²) in [7, 11) is 0. The van der Waals surface area contributed by atoms with Crippen LogP contribution in [0.15, 0.2) is 18.2 Å². The summed E-state index contributed by atoms with van der Waals surface area (Å²) < 4.78 is 9.51. The van der Waals surface area contributed by atoms with Crippen LogP contribution in [-0.2, 0) is 14.3 Å². The Balaban J connectivity index is 2.25. The molecule has 1 aliphatic heterocycles. The molecule has 0 aromatic heterocycles. The van der Waals surface area contributed by atoms with Crippen molar-refractivity contribution in [2.24, 2.45) is 0 Å². The fraction of sp³-hybridized carbons (Fsp3) is 0.273. The standard InChI is InChI=1S/C11H8ClNO6/c12-6-1-2-8(13(16)17)7(5-6)10(14)19-9-3-4-18-11(9)15/h1-2,5,9H,3-4H2/t9-/m1/s1. The summed E-state index contributed by atoms with van der Waals surface area (Å²) in [6, 6.07) is 3.52. The molecular formula is C11H8ClNO6. The highest BCUT2D eigenvalue weighted by atomic mass is 35.5. The maximum atomic E-state index is 11.8. The van der Waals surface area contributed by atoms with Gasteiger partial charge >= 0.3 is 11.9 Å². The molecule has 19 heavy (non-hydrogen) atoms. The van der Waals surface area contributed by atoms with E-state index in [1.54, 1.807) is 0 Å². The van der Waals surface area contributed by atoms with E-state index < -0.39 is 28.7 Å². The predicted octanol–water partition coefficient (Wildman–Crippen LogP) is 1.72. The molecule has 1 heterocycles. The van der Waals surface area contributed by atoms with Crippen LogP contribution in [0.2, 0.25) is 5.02 Å². The minimum Gasteiger partial charge on any atom is -0.463 e. The molecule has 0 saturated carbocycles. The highest BCUT2D eigenvalue weighted by molar-refractivity contribution is 6.31. The van der Waals surface area contributed by atoms with Crippen molar-refractivity contribution in [1.29, 1.82) is 0 Å². The number of hydrogen-bond acceptors (Lipinski definition) is 6. The van der Waals surface area contributed by atoms with Gasteiger partial charge in [0.05, 0.1) is 11.5 Å². The minimum atomic E-state index is -1.02. The first-order chi connectivity index (χ1) is 8.99. The molecule has 1 aliphatic rings. The van der Waals surface area contributed by atoms with Gasteiger partial charge in [0.25, 0.3) is 5.69 Å². The van der Waals surface area contributed by atoms with Crippen LogP contribution in [0, 0.1) is 10.1 Å². The SMILES string of the molecule is O=C(O[C@@H]1CCOC1=O)c1cc(Cl)ccc1[N+](=O)[O-]. The van der Waals surface area contributed by atoms with Crippen molar-refractivity contribution in [1.82, 2.24) is 0 Å². The zero-order valence-corrected chi connectivity index (χ0v) is 10.3. The monoisotopic (exact) mass is 285 g/mol. The number of esters is 2. The molecule has 0 amide bonds. The summed E-state index contributed by atoms with van der Waals surface area (Å²) in [6.45, 7) is 0.161. The zero-order valence-electron chi connectivity index (χ0n) is 9.50. The van der Waals surface area contributed by atoms with E-state index in [1.165, 1.54) is 6.07 Å². The number of nitro benzene ring substituents is 1. The Morgan fingerprint density at radius 3 is 2.84 bits per heavy atom. The normalized spacial score (nSPS) is 17.9. The van der Waals surface area contributed by atoms with E-state index in [4.69, 9.17) is 16.3 Å². The highest BCUT2D eigenvalue weighted by Crippen LogP contribution is 2.24. The first-order valence-corrected chi connectivity index (χ1v) is 5.68. The number of nitrogens with zero attached hydrogens (tertiary/aromatic N) is 1. The summed E-state index contributed by atoms with van der Waals surface area (Å²) in [4.78, 5) is 33.1. The van der Waals surface area contributed by atoms with Crippen LogP contribution >= 0.6 is 11.6 Å². The van der Waals surface area contributed by atoms with Gasteiger partial charge < -0.3 is 9.47 Å². The van der Waals surface area contributed by atoms with Gasteiger partial charge in [-0.1, -0.05) is 11.6 Å². The van der Waals surface area contributed by atoms with Crippen molar-refractivity contribution in [3.63, 3.8) is 0 Å². The van der Waals surface area contributed by atoms with Crippen LogP contribution in [0.1, 0.15) is 16.8 Å². The van der Waals surface area contributed by atoms with E-state index >= 15 is 0 Å². The molecule has 1 aromatic rings. The number of rotatable bonds is 3. The third-order valence-electron chi connectivity index (χ3n) is 2.51. The van der Waals surface area contributed by atoms with Gasteiger partial charge in [-0.05, 0) is 12.1 Å². The van der Waals surface area contributed by atoms with Crippen molar-refractivity contribution in [2.75, 3.05) is 6.61 Å². The van der Waals surface area contributed by atoms with E-state index in [9.17, 15) is 19.7 Å². The van der Waals surface area contributed by atoms with E-state index in [-0.39, 0.29) is 23.6 Å². The Bertz CT molecular complexity index is 558. The zero-order chi connectivity index (χ0) is 14.0. The lowest BCUT2D eigenvalue weighted by Gasteiger charge is -2.08. The van der Waals surface area contributed by atoms with Gasteiger partial charge in [-0.3, -0.25) is 10.1 Å². The van der Waals surface area contributed by atoms with E-state index in [0.29, 0.717) is 0 Å². The van der Waals surface area contributed by atoms with E-state index in [2.05, 4.69) is 4.74 Å². The van der Waals surface area contributed by atoms with Crippen LogP contribution in [-0.4, -0.2) is 29.6 Å². The van der Waals surface area contributed by atoms with Crippen LogP contribution in [0.4, 0.5) is 5.69 Å². The molecule has 0 spiro atoms. The topological polar surface area (TPSA) is 95.7 Å². The summed E-state index contributed by atoms with van der Waals surface area (Å²) in [6.07, 6.45) is -0.787. The van der Waals surface area contributed by atoms with Gasteiger partial charge in [0.15, 0.2) is 0 Å². The average molecular weight is 286 g/mol. The fourth-order valence-electron chi connectivity index (χ4n) is 1.61. The van der Waals surface area contributed by atoms with Crippen LogP contribution in [0.25, 0.3) is 0 Å². The lowest BCUT2D eigenvalue weighted by atomic mass is 10.2. The molecule has 0 radical (unpaired) electrons. The van der Waals surface area contributed by atoms with Gasteiger partial charge in [-0.2, -0.15) is 0 Å². The molecule has 2 rings (SSSR count). The number of carbonyl (C=O) groups excluding carboxylic acids is 2. The second-order valence-electron chi connectivity index (χ2n) is 3.77. The van der Waals surface area contributed by atoms with Crippen LogP contribution < -0.4 is 0 Å². The summed E-state index contributed by atoms with van der Waals surface area (Å²) >= 11 is 5.69. The molecule has 0 aliphatic carbocycles. The van der Waals surface area contributed by atoms with Crippen molar-refractivity contribution < 1.29 is 24.0 Å². The van der Waals surface area contributed by atoms with Crippen molar-refractivity contribution >= 4 is 29.2 Å². The maximum Gasteiger partial charge on any atom is 0.347 e. The number of ether oxygens (including phenoxy) is 2. The quantitative estimate of drug-likeness (QED) is 0.476. The molecule has 0 bridgehead atoms. The third-order valence-corrected chi connectivity index (χ3v) is 2.75. The van der Waals surface area contributed by atoms with Crippen molar-refractivity contribution in [2.45, 2.75) is 12.5 Å². The Hall–Kier alpha value is -2.15. The molecule has 8 heteroatoms. The second-order valence-corrected chi connectivity index (χ2v) is 4.21. The molecule has 100 valence electrons. The smallest absolute Gasteiger partial charge is 0.347 e. The third kappa shape index (κ3) is 2.82. The molecule has 0 N–H and O–H groups in total. The second kappa shape index (κ2) is 5.23. The summed E-state index contributed by atoms with van der Waals surface area (Å²) in [5.41, 5.74) is -0.724. The van der Waals surface area contributed by atoms with Crippen molar-refractivity contribution in [3.05, 3.63) is 38.9 Å². The lowest BCUT2D eigenvalue weighted by molar-refractivity contribution is -0.385. The van der Waals surface area contributed by atoms with Gasteiger partial charge in [0.2, 0.25) is 6.10 Å². The van der Waals surface area contributed by atoms with Crippen LogP contribution in [0.5, 0.6) is 0 Å². The molecule has 1 fully saturated rings. The number of benzene rings is 1. The summed E-state index contributed by atoms with van der Waals surface area (Å²) in [5.74, 6) is -1.63. The fourth-order valence-corrected chi connectivity index (χ4v) is 1.78. The van der Waals surface area contributed by atoms with E-state index in [0.717, 1.165) is 12.1 Å². The maximum absolute atomic E-state index is 11.8. The number of nitro groups is 1. The van der Waals surface area contributed by atoms with Gasteiger partial charge in [-0.15, -0.1) is 0 Å². The number of halogens is 1. The average Bonchev–Trinajstić information content (AvgIpc) is 2.74. The Morgan fingerprint density at radius 2 is 2.26 bits per heavy atom. The van der Waals surface area contributed by atoms with E-state index in [1.807, 2.05) is 0 Å². The highest BCUT2D eigenvalue weighted by Gasteiger charge is 2.32. The Kier molecular flexibility index (Phi) is 3.66. The largest absolute Gasteiger partial charge is 0.463 e. The van der Waals surface area contributed by atoms with Gasteiger partial charge in [0.1, 0.15) is 5.56 Å². The van der Waals surface area contributed by atoms with Gasteiger partial charge in [-0.25, -0.2) is 9.59 Å². The first kappa shape index (κ1) is 13.3. The number of carbonyl (C=O) groups is 2. The van der Waals surface area contributed by atoms with Crippen LogP contribution in [0.3, 0.4) is 0 Å². The number of cyclic esters (lactones) is 1. The molecular weight excluding hydrogens is 278 g/mol. The van der Waals surface area contributed by atoms with Crippen molar-refractivity contribution in [3.8, 4) is 0 Å². The molecule has 1 saturated heterocycles. The molecule has 7 nitrogen and oxygen atoms in total. The molecule has 1 aromatic carbocycles.